The molecule has 0 aromatic carbocycles. The van der Waals surface area contributed by atoms with Crippen LogP contribution in [0.3, 0.4) is 0 Å². The number of pyridine rings is 1. The van der Waals surface area contributed by atoms with Crippen LogP contribution in [0.2, 0.25) is 0 Å². The molecule has 9 nitrogen and oxygen atoms in total. The van der Waals surface area contributed by atoms with Gasteiger partial charge in [0.15, 0.2) is 0 Å². The molecule has 0 atom stereocenters. The van der Waals surface area contributed by atoms with E-state index in [2.05, 4.69) is 27.1 Å². The maximum absolute atomic E-state index is 12.1. The van der Waals surface area contributed by atoms with Crippen molar-refractivity contribution in [2.45, 2.75) is 19.9 Å². The Morgan fingerprint density at radius 2 is 2.12 bits per heavy atom. The molecule has 0 saturated heterocycles. The fourth-order valence-corrected chi connectivity index (χ4v) is 2.12. The molecule has 2 aromatic heterocycles. The Kier molecular flexibility index (Phi) is 5.62. The van der Waals surface area contributed by atoms with E-state index >= 15 is 0 Å². The van der Waals surface area contributed by atoms with Crippen LogP contribution in [0.4, 0.5) is 0 Å². The van der Waals surface area contributed by atoms with Crippen molar-refractivity contribution >= 4 is 11.6 Å². The average Bonchev–Trinajstić information content (AvgIpc) is 2.61. The summed E-state index contributed by atoms with van der Waals surface area (Å²) in [6.45, 7) is 5.20. The molecular weight excluding hydrogens is 326 g/mol. The number of amides is 1. The number of rotatable bonds is 6. The van der Waals surface area contributed by atoms with E-state index in [-0.39, 0.29) is 24.2 Å². The van der Waals surface area contributed by atoms with Crippen molar-refractivity contribution < 1.29 is 9.90 Å². The second kappa shape index (κ2) is 7.86. The molecule has 0 unspecified atom stereocenters. The van der Waals surface area contributed by atoms with Gasteiger partial charge < -0.3 is 5.11 Å². The summed E-state index contributed by atoms with van der Waals surface area (Å²) in [5.41, 5.74) is 1.05. The largest absolute Gasteiger partial charge is 0.494 e. The van der Waals surface area contributed by atoms with Crippen LogP contribution in [0.1, 0.15) is 29.3 Å². The molecule has 0 bridgehead atoms. The number of carbonyl (C=O) groups excluding carboxylic acids is 1. The minimum absolute atomic E-state index is 0.00875. The SMILES string of the molecule is C=CCn1c(O)c(/C(CC)=N/NC(=O)c2ccncc2)c(=O)[nH]c1=O. The Labute approximate surface area is 142 Å². The molecule has 25 heavy (non-hydrogen) atoms. The third-order valence-electron chi connectivity index (χ3n) is 3.34. The van der Waals surface area contributed by atoms with Crippen LogP contribution in [-0.2, 0) is 6.54 Å². The van der Waals surface area contributed by atoms with Crippen LogP contribution in [0.5, 0.6) is 5.88 Å². The van der Waals surface area contributed by atoms with E-state index < -0.39 is 23.0 Å². The highest BCUT2D eigenvalue weighted by molar-refractivity contribution is 6.03. The first kappa shape index (κ1) is 17.9. The van der Waals surface area contributed by atoms with Gasteiger partial charge in [0.05, 0.1) is 5.71 Å². The van der Waals surface area contributed by atoms with E-state index in [9.17, 15) is 19.5 Å². The molecule has 0 fully saturated rings. The van der Waals surface area contributed by atoms with Crippen molar-refractivity contribution in [1.29, 1.82) is 0 Å². The quantitative estimate of drug-likeness (QED) is 0.396. The number of aromatic amines is 1. The number of nitrogens with zero attached hydrogens (tertiary/aromatic N) is 3. The van der Waals surface area contributed by atoms with Gasteiger partial charge in [0.1, 0.15) is 5.56 Å². The van der Waals surface area contributed by atoms with Crippen molar-refractivity contribution in [3.63, 3.8) is 0 Å². The normalized spacial score (nSPS) is 11.2. The summed E-state index contributed by atoms with van der Waals surface area (Å²) in [7, 11) is 0. The summed E-state index contributed by atoms with van der Waals surface area (Å²) < 4.78 is 0.944. The predicted molar refractivity (Wildman–Crippen MR) is 91.7 cm³/mol. The molecule has 0 aliphatic heterocycles. The molecular formula is C16H17N5O4. The highest BCUT2D eigenvalue weighted by atomic mass is 16.3. The molecule has 0 aliphatic rings. The van der Waals surface area contributed by atoms with Crippen molar-refractivity contribution in [2.24, 2.45) is 5.10 Å². The topological polar surface area (TPSA) is 129 Å². The summed E-state index contributed by atoms with van der Waals surface area (Å²) in [6.07, 6.45) is 4.55. The molecule has 2 aromatic rings. The van der Waals surface area contributed by atoms with Crippen molar-refractivity contribution in [3.05, 3.63) is 69.1 Å². The molecule has 2 rings (SSSR count). The van der Waals surface area contributed by atoms with E-state index in [1.54, 1.807) is 6.92 Å². The first-order chi connectivity index (χ1) is 12.0. The molecule has 0 spiro atoms. The molecule has 3 N–H and O–H groups in total. The van der Waals surface area contributed by atoms with Gasteiger partial charge >= 0.3 is 5.69 Å². The van der Waals surface area contributed by atoms with Crippen LogP contribution < -0.4 is 16.7 Å². The standard InChI is InChI=1S/C16H17N5O4/c1-3-9-21-15(24)12(14(23)18-16(21)25)11(4-2)19-20-13(22)10-5-7-17-8-6-10/h3,5-8,24H,1,4,9H2,2H3,(H,20,22)(H,18,23,25)/b19-11+. The summed E-state index contributed by atoms with van der Waals surface area (Å²) in [6, 6.07) is 3.01. The Morgan fingerprint density at radius 1 is 1.44 bits per heavy atom. The fraction of sp³-hybridized carbons (Fsp3) is 0.188. The van der Waals surface area contributed by atoms with Crippen LogP contribution in [0.25, 0.3) is 0 Å². The lowest BCUT2D eigenvalue weighted by Gasteiger charge is -2.10. The minimum Gasteiger partial charge on any atom is -0.494 e. The number of nitrogens with one attached hydrogen (secondary N) is 2. The summed E-state index contributed by atoms with van der Waals surface area (Å²) in [5, 5.41) is 14.2. The second-order valence-electron chi connectivity index (χ2n) is 4.95. The lowest BCUT2D eigenvalue weighted by molar-refractivity contribution is 0.0954. The smallest absolute Gasteiger partial charge is 0.331 e. The van der Waals surface area contributed by atoms with Crippen LogP contribution in [-0.4, -0.2) is 31.3 Å². The first-order valence-electron chi connectivity index (χ1n) is 7.43. The highest BCUT2D eigenvalue weighted by Crippen LogP contribution is 2.13. The number of H-pyrrole nitrogens is 1. The van der Waals surface area contributed by atoms with Crippen molar-refractivity contribution in [1.82, 2.24) is 20.0 Å². The van der Waals surface area contributed by atoms with Crippen LogP contribution >= 0.6 is 0 Å². The van der Waals surface area contributed by atoms with E-state index in [0.717, 1.165) is 4.57 Å². The Balaban J connectivity index is 2.42. The molecule has 130 valence electrons. The molecule has 2 heterocycles. The zero-order valence-electron chi connectivity index (χ0n) is 13.5. The lowest BCUT2D eigenvalue weighted by Crippen LogP contribution is -2.34. The van der Waals surface area contributed by atoms with Gasteiger partial charge in [-0.25, -0.2) is 10.2 Å². The maximum Gasteiger partial charge on any atom is 0.331 e. The minimum atomic E-state index is -0.790. The Morgan fingerprint density at radius 3 is 2.72 bits per heavy atom. The van der Waals surface area contributed by atoms with Crippen molar-refractivity contribution in [3.8, 4) is 5.88 Å². The third kappa shape index (κ3) is 3.89. The molecule has 0 saturated carbocycles. The number of allylic oxidation sites excluding steroid dienone is 1. The number of aromatic nitrogens is 3. The van der Waals surface area contributed by atoms with Gasteiger partial charge in [-0.05, 0) is 18.6 Å². The number of hydrogen-bond acceptors (Lipinski definition) is 6. The van der Waals surface area contributed by atoms with Gasteiger partial charge in [-0.2, -0.15) is 5.10 Å². The van der Waals surface area contributed by atoms with Crippen molar-refractivity contribution in [2.75, 3.05) is 0 Å². The molecule has 9 heteroatoms. The number of carbonyl (C=O) groups is 1. The maximum atomic E-state index is 12.1. The predicted octanol–water partition coefficient (Wildman–Crippen LogP) is 0.367. The number of hydrogen-bond donors (Lipinski definition) is 3. The number of aromatic hydroxyl groups is 1. The molecule has 0 radical (unpaired) electrons. The molecule has 0 aliphatic carbocycles. The van der Waals surface area contributed by atoms with E-state index in [0.29, 0.717) is 5.56 Å². The van der Waals surface area contributed by atoms with Gasteiger partial charge in [-0.3, -0.25) is 24.1 Å². The zero-order chi connectivity index (χ0) is 18.4. The first-order valence-corrected chi connectivity index (χ1v) is 7.43. The van der Waals surface area contributed by atoms with E-state index in [1.165, 1.54) is 30.6 Å². The highest BCUT2D eigenvalue weighted by Gasteiger charge is 2.18. The van der Waals surface area contributed by atoms with Crippen LogP contribution in [0.15, 0.2) is 51.9 Å². The summed E-state index contributed by atoms with van der Waals surface area (Å²) in [4.78, 5) is 41.8. The second-order valence-corrected chi connectivity index (χ2v) is 4.95. The zero-order valence-corrected chi connectivity index (χ0v) is 13.5. The monoisotopic (exact) mass is 343 g/mol. The van der Waals surface area contributed by atoms with Gasteiger partial charge in [-0.1, -0.05) is 13.0 Å². The van der Waals surface area contributed by atoms with Gasteiger partial charge in [0, 0.05) is 24.5 Å². The Bertz CT molecular complexity index is 928. The third-order valence-corrected chi connectivity index (χ3v) is 3.34. The summed E-state index contributed by atoms with van der Waals surface area (Å²) in [5.74, 6) is -1.03. The van der Waals surface area contributed by atoms with Gasteiger partial charge in [0.25, 0.3) is 11.5 Å². The van der Waals surface area contributed by atoms with Gasteiger partial charge in [0.2, 0.25) is 5.88 Å². The van der Waals surface area contributed by atoms with Gasteiger partial charge in [-0.15, -0.1) is 6.58 Å². The Hall–Kier alpha value is -3.49. The molecule has 1 amide bonds. The number of hydrazone groups is 1. The van der Waals surface area contributed by atoms with Crippen LogP contribution in [0, 0.1) is 0 Å². The fourth-order valence-electron chi connectivity index (χ4n) is 2.12. The summed E-state index contributed by atoms with van der Waals surface area (Å²) >= 11 is 0. The average molecular weight is 343 g/mol. The lowest BCUT2D eigenvalue weighted by atomic mass is 10.1. The van der Waals surface area contributed by atoms with E-state index in [1.807, 2.05) is 0 Å². The van der Waals surface area contributed by atoms with E-state index in [4.69, 9.17) is 0 Å².